The number of nitrogens with one attached hydrogen (secondary N) is 1. The lowest BCUT2D eigenvalue weighted by Crippen LogP contribution is -2.40. The van der Waals surface area contributed by atoms with E-state index in [1.807, 2.05) is 39.0 Å². The molecule has 0 aliphatic carbocycles. The lowest BCUT2D eigenvalue weighted by atomic mass is 10.0. The fourth-order valence-corrected chi connectivity index (χ4v) is 2.00. The topological polar surface area (TPSA) is 67.8 Å². The van der Waals surface area contributed by atoms with Gasteiger partial charge in [-0.15, -0.1) is 0 Å². The first-order chi connectivity index (χ1) is 9.51. The van der Waals surface area contributed by atoms with E-state index in [1.165, 1.54) is 0 Å². The quantitative estimate of drug-likeness (QED) is 0.765. The molecule has 0 amide bonds. The number of methoxy groups -OCH3 is 1. The maximum Gasteiger partial charge on any atom is 0.320 e. The summed E-state index contributed by atoms with van der Waals surface area (Å²) in [5.74, 6) is 0.481. The van der Waals surface area contributed by atoms with Gasteiger partial charge in [-0.1, -0.05) is 26.0 Å². The number of carboxylic acids is 1. The summed E-state index contributed by atoms with van der Waals surface area (Å²) in [6, 6.07) is 5.00. The molecule has 0 aromatic heterocycles. The third-order valence-corrected chi connectivity index (χ3v) is 3.01. The normalized spacial score (nSPS) is 12.2. The molecule has 0 aliphatic rings. The lowest BCUT2D eigenvalue weighted by Gasteiger charge is -2.20. The van der Waals surface area contributed by atoms with Gasteiger partial charge in [-0.05, 0) is 18.9 Å². The molecule has 0 fully saturated rings. The maximum absolute atomic E-state index is 11.2. The Labute approximate surface area is 119 Å². The van der Waals surface area contributed by atoms with E-state index in [4.69, 9.17) is 9.47 Å². The molecule has 0 spiro atoms. The molecular weight excluding hydrogens is 258 g/mol. The molecular formula is C15H23NO4. The molecule has 0 unspecified atom stereocenters. The maximum atomic E-state index is 11.2. The van der Waals surface area contributed by atoms with Crippen LogP contribution in [0.25, 0.3) is 0 Å². The van der Waals surface area contributed by atoms with E-state index in [0.717, 1.165) is 5.56 Å². The number of carbonyl (C=O) groups is 1. The van der Waals surface area contributed by atoms with E-state index in [0.29, 0.717) is 24.7 Å². The summed E-state index contributed by atoms with van der Waals surface area (Å²) in [6.07, 6.45) is 0. The van der Waals surface area contributed by atoms with E-state index < -0.39 is 12.0 Å². The average molecular weight is 281 g/mol. The lowest BCUT2D eigenvalue weighted by molar-refractivity contribution is -0.140. The molecule has 1 aromatic rings. The Hall–Kier alpha value is -1.75. The molecule has 0 radical (unpaired) electrons. The second-order valence-corrected chi connectivity index (χ2v) is 4.82. The van der Waals surface area contributed by atoms with Crippen molar-refractivity contribution in [3.8, 4) is 11.5 Å². The van der Waals surface area contributed by atoms with Crippen LogP contribution in [0.4, 0.5) is 0 Å². The van der Waals surface area contributed by atoms with Gasteiger partial charge in [-0.2, -0.15) is 0 Å². The largest absolute Gasteiger partial charge is 0.493 e. The minimum Gasteiger partial charge on any atom is -0.493 e. The van der Waals surface area contributed by atoms with Crippen LogP contribution in [0.2, 0.25) is 0 Å². The van der Waals surface area contributed by atoms with E-state index in [1.54, 1.807) is 7.11 Å². The molecule has 20 heavy (non-hydrogen) atoms. The van der Waals surface area contributed by atoms with Crippen molar-refractivity contribution in [2.45, 2.75) is 33.4 Å². The van der Waals surface area contributed by atoms with Gasteiger partial charge in [0.05, 0.1) is 13.7 Å². The molecule has 1 atom stereocenters. The molecule has 0 bridgehead atoms. The summed E-state index contributed by atoms with van der Waals surface area (Å²) in [6.45, 7) is 6.60. The monoisotopic (exact) mass is 281 g/mol. The average Bonchev–Trinajstić information content (AvgIpc) is 2.39. The summed E-state index contributed by atoms with van der Waals surface area (Å²) in [7, 11) is 1.59. The second kappa shape index (κ2) is 7.75. The molecule has 2 N–H and O–H groups in total. The molecule has 1 aromatic carbocycles. The fraction of sp³-hybridized carbons (Fsp3) is 0.533. The van der Waals surface area contributed by atoms with Crippen molar-refractivity contribution >= 4 is 5.97 Å². The summed E-state index contributed by atoms with van der Waals surface area (Å²) in [5.41, 5.74) is 0.887. The van der Waals surface area contributed by atoms with E-state index in [2.05, 4.69) is 5.32 Å². The van der Waals surface area contributed by atoms with Gasteiger partial charge in [0, 0.05) is 12.1 Å². The van der Waals surface area contributed by atoms with Crippen LogP contribution in [0.3, 0.4) is 0 Å². The van der Waals surface area contributed by atoms with Crippen molar-refractivity contribution < 1.29 is 19.4 Å². The number of hydrogen-bond acceptors (Lipinski definition) is 4. The second-order valence-electron chi connectivity index (χ2n) is 4.82. The van der Waals surface area contributed by atoms with Crippen LogP contribution in [0.1, 0.15) is 26.3 Å². The Bertz CT molecular complexity index is 445. The molecule has 5 nitrogen and oxygen atoms in total. The van der Waals surface area contributed by atoms with Crippen LogP contribution in [0.5, 0.6) is 11.5 Å². The number of ether oxygens (including phenoxy) is 2. The number of benzene rings is 1. The zero-order chi connectivity index (χ0) is 15.1. The predicted molar refractivity (Wildman–Crippen MR) is 77.3 cm³/mol. The van der Waals surface area contributed by atoms with Crippen molar-refractivity contribution in [3.63, 3.8) is 0 Å². The SMILES string of the molecule is CCOc1c(CN[C@@H](C(=O)O)C(C)C)cccc1OC. The van der Waals surface area contributed by atoms with E-state index >= 15 is 0 Å². The first-order valence-electron chi connectivity index (χ1n) is 6.76. The van der Waals surface area contributed by atoms with Gasteiger partial charge in [0.1, 0.15) is 6.04 Å². The molecule has 112 valence electrons. The minimum absolute atomic E-state index is 0.00801. The molecule has 0 saturated carbocycles. The highest BCUT2D eigenvalue weighted by atomic mass is 16.5. The summed E-state index contributed by atoms with van der Waals surface area (Å²) < 4.78 is 10.9. The van der Waals surface area contributed by atoms with Gasteiger partial charge in [0.2, 0.25) is 0 Å². The van der Waals surface area contributed by atoms with Crippen molar-refractivity contribution in [1.29, 1.82) is 0 Å². The van der Waals surface area contributed by atoms with Crippen molar-refractivity contribution in [3.05, 3.63) is 23.8 Å². The van der Waals surface area contributed by atoms with E-state index in [-0.39, 0.29) is 5.92 Å². The Balaban J connectivity index is 2.88. The van der Waals surface area contributed by atoms with E-state index in [9.17, 15) is 9.90 Å². The predicted octanol–water partition coefficient (Wildman–Crippen LogP) is 2.29. The smallest absolute Gasteiger partial charge is 0.320 e. The van der Waals surface area contributed by atoms with Gasteiger partial charge in [0.25, 0.3) is 0 Å². The van der Waals surface area contributed by atoms with Crippen LogP contribution in [0.15, 0.2) is 18.2 Å². The third kappa shape index (κ3) is 4.13. The van der Waals surface area contributed by atoms with Crippen LogP contribution < -0.4 is 14.8 Å². The molecule has 0 aliphatic heterocycles. The van der Waals surface area contributed by atoms with Crippen molar-refractivity contribution in [2.75, 3.05) is 13.7 Å². The third-order valence-electron chi connectivity index (χ3n) is 3.01. The first kappa shape index (κ1) is 16.3. The fourth-order valence-electron chi connectivity index (χ4n) is 2.00. The number of carboxylic acid groups (broad SMARTS) is 1. The zero-order valence-corrected chi connectivity index (χ0v) is 12.5. The Morgan fingerprint density at radius 3 is 2.60 bits per heavy atom. The molecule has 0 heterocycles. The van der Waals surface area contributed by atoms with Gasteiger partial charge >= 0.3 is 5.97 Å². The van der Waals surface area contributed by atoms with Gasteiger partial charge in [-0.25, -0.2) is 0 Å². The number of para-hydroxylation sites is 1. The number of aliphatic carboxylic acids is 1. The standard InChI is InChI=1S/C15H23NO4/c1-5-20-14-11(7-6-8-12(14)19-4)9-16-13(10(2)3)15(17)18/h6-8,10,13,16H,5,9H2,1-4H3,(H,17,18)/t13-/m1/s1. The Morgan fingerprint density at radius 2 is 2.10 bits per heavy atom. The summed E-state index contributed by atoms with van der Waals surface area (Å²) in [4.78, 5) is 11.2. The van der Waals surface area contributed by atoms with Gasteiger partial charge in [-0.3, -0.25) is 10.1 Å². The first-order valence-corrected chi connectivity index (χ1v) is 6.76. The van der Waals surface area contributed by atoms with Gasteiger partial charge < -0.3 is 14.6 Å². The molecule has 1 rings (SSSR count). The highest BCUT2D eigenvalue weighted by molar-refractivity contribution is 5.73. The Kier molecular flexibility index (Phi) is 6.31. The molecule has 5 heteroatoms. The van der Waals surface area contributed by atoms with Crippen LogP contribution in [-0.4, -0.2) is 30.8 Å². The molecule has 0 saturated heterocycles. The van der Waals surface area contributed by atoms with Crippen LogP contribution in [-0.2, 0) is 11.3 Å². The minimum atomic E-state index is -0.846. The van der Waals surface area contributed by atoms with Crippen LogP contribution in [0, 0.1) is 5.92 Å². The number of rotatable bonds is 8. The Morgan fingerprint density at radius 1 is 1.40 bits per heavy atom. The van der Waals surface area contributed by atoms with Crippen molar-refractivity contribution in [2.24, 2.45) is 5.92 Å². The zero-order valence-electron chi connectivity index (χ0n) is 12.5. The highest BCUT2D eigenvalue weighted by Crippen LogP contribution is 2.31. The summed E-state index contributed by atoms with van der Waals surface area (Å²) >= 11 is 0. The van der Waals surface area contributed by atoms with Gasteiger partial charge in [0.15, 0.2) is 11.5 Å². The summed E-state index contributed by atoms with van der Waals surface area (Å²) in [5, 5.41) is 12.2. The number of hydrogen-bond donors (Lipinski definition) is 2. The van der Waals surface area contributed by atoms with Crippen LogP contribution >= 0.6 is 0 Å². The van der Waals surface area contributed by atoms with Crippen molar-refractivity contribution in [1.82, 2.24) is 5.32 Å². The highest BCUT2D eigenvalue weighted by Gasteiger charge is 2.21.